The number of rotatable bonds is 7. The van der Waals surface area contributed by atoms with E-state index in [4.69, 9.17) is 4.74 Å². The first-order chi connectivity index (χ1) is 12.7. The first-order valence-electron chi connectivity index (χ1n) is 8.27. The van der Waals surface area contributed by atoms with Gasteiger partial charge in [-0.25, -0.2) is 12.7 Å². The molecule has 2 rings (SSSR count). The van der Waals surface area contributed by atoms with Crippen molar-refractivity contribution in [3.63, 3.8) is 0 Å². The summed E-state index contributed by atoms with van der Waals surface area (Å²) in [6.45, 7) is 0.0522. The lowest BCUT2D eigenvalue weighted by molar-refractivity contribution is 0.0680. The minimum absolute atomic E-state index is 0.0418. The standard InChI is InChI=1S/C19H24N2O5S/c1-20(2)27(24,25)17-10-6-8-15(12-17)19(23)21(3)13-18(22)14-7-5-9-16(11-14)26-4/h5-12,18,22H,13H2,1-4H3. The van der Waals surface area contributed by atoms with Gasteiger partial charge in [-0.1, -0.05) is 18.2 Å². The van der Waals surface area contributed by atoms with Gasteiger partial charge in [0.25, 0.3) is 5.91 Å². The highest BCUT2D eigenvalue weighted by Gasteiger charge is 2.21. The van der Waals surface area contributed by atoms with Gasteiger partial charge >= 0.3 is 0 Å². The maximum atomic E-state index is 12.7. The van der Waals surface area contributed by atoms with Crippen LogP contribution in [0.3, 0.4) is 0 Å². The summed E-state index contributed by atoms with van der Waals surface area (Å²) in [5.74, 6) is 0.231. The number of aliphatic hydroxyl groups excluding tert-OH is 1. The third kappa shape index (κ3) is 4.85. The molecule has 0 spiro atoms. The summed E-state index contributed by atoms with van der Waals surface area (Å²) in [5.41, 5.74) is 0.858. The Morgan fingerprint density at radius 2 is 1.78 bits per heavy atom. The number of ether oxygens (including phenoxy) is 1. The number of methoxy groups -OCH3 is 1. The first kappa shape index (κ1) is 20.9. The van der Waals surface area contributed by atoms with E-state index in [2.05, 4.69) is 0 Å². The molecule has 1 amide bonds. The van der Waals surface area contributed by atoms with Crippen molar-refractivity contribution >= 4 is 15.9 Å². The van der Waals surface area contributed by atoms with Crippen LogP contribution in [0.1, 0.15) is 22.0 Å². The number of hydrogen-bond donors (Lipinski definition) is 1. The predicted octanol–water partition coefficient (Wildman–Crippen LogP) is 1.75. The van der Waals surface area contributed by atoms with Gasteiger partial charge in [-0.05, 0) is 35.9 Å². The quantitative estimate of drug-likeness (QED) is 0.776. The zero-order valence-corrected chi connectivity index (χ0v) is 16.6. The van der Waals surface area contributed by atoms with Gasteiger partial charge in [0.1, 0.15) is 5.75 Å². The molecule has 7 nitrogen and oxygen atoms in total. The highest BCUT2D eigenvalue weighted by molar-refractivity contribution is 7.89. The molecule has 1 unspecified atom stereocenters. The van der Waals surface area contributed by atoms with Gasteiger partial charge in [0.05, 0.1) is 24.7 Å². The van der Waals surface area contributed by atoms with Crippen LogP contribution in [0.2, 0.25) is 0 Å². The second-order valence-corrected chi connectivity index (χ2v) is 8.45. The first-order valence-corrected chi connectivity index (χ1v) is 9.71. The van der Waals surface area contributed by atoms with Crippen molar-refractivity contribution in [1.82, 2.24) is 9.21 Å². The number of amides is 1. The molecule has 0 radical (unpaired) electrons. The molecule has 27 heavy (non-hydrogen) atoms. The van der Waals surface area contributed by atoms with Crippen LogP contribution in [0.5, 0.6) is 5.75 Å². The molecule has 2 aromatic carbocycles. The molecule has 2 aromatic rings. The Hall–Kier alpha value is -2.42. The average Bonchev–Trinajstić information content (AvgIpc) is 2.67. The number of aliphatic hydroxyl groups is 1. The van der Waals surface area contributed by atoms with E-state index in [9.17, 15) is 18.3 Å². The fraction of sp³-hybridized carbons (Fsp3) is 0.316. The van der Waals surface area contributed by atoms with Crippen LogP contribution in [-0.4, -0.2) is 63.4 Å². The Bertz CT molecular complexity index is 912. The molecule has 0 bridgehead atoms. The molecular weight excluding hydrogens is 368 g/mol. The number of carbonyl (C=O) groups is 1. The SMILES string of the molecule is COc1cccc(C(O)CN(C)C(=O)c2cccc(S(=O)(=O)N(C)C)c2)c1. The molecule has 146 valence electrons. The highest BCUT2D eigenvalue weighted by atomic mass is 32.2. The van der Waals surface area contributed by atoms with Crippen molar-refractivity contribution in [3.8, 4) is 5.75 Å². The van der Waals surface area contributed by atoms with Crippen molar-refractivity contribution in [3.05, 3.63) is 59.7 Å². The normalized spacial score (nSPS) is 12.7. The van der Waals surface area contributed by atoms with Crippen LogP contribution in [-0.2, 0) is 10.0 Å². The molecule has 0 heterocycles. The summed E-state index contributed by atoms with van der Waals surface area (Å²) < 4.78 is 30.7. The van der Waals surface area contributed by atoms with Crippen LogP contribution < -0.4 is 4.74 Å². The van der Waals surface area contributed by atoms with Crippen LogP contribution >= 0.6 is 0 Å². The van der Waals surface area contributed by atoms with Gasteiger partial charge in [-0.2, -0.15) is 0 Å². The largest absolute Gasteiger partial charge is 0.497 e. The van der Waals surface area contributed by atoms with E-state index in [1.54, 1.807) is 37.4 Å². The van der Waals surface area contributed by atoms with Crippen molar-refractivity contribution in [1.29, 1.82) is 0 Å². The fourth-order valence-corrected chi connectivity index (χ4v) is 3.47. The third-order valence-corrected chi connectivity index (χ3v) is 5.94. The lowest BCUT2D eigenvalue weighted by Gasteiger charge is -2.22. The summed E-state index contributed by atoms with van der Waals surface area (Å²) in [6, 6.07) is 12.8. The van der Waals surface area contributed by atoms with Gasteiger partial charge in [0, 0.05) is 26.7 Å². The molecule has 0 fully saturated rings. The van der Waals surface area contributed by atoms with Crippen molar-refractivity contribution in [2.45, 2.75) is 11.0 Å². The highest BCUT2D eigenvalue weighted by Crippen LogP contribution is 2.21. The molecule has 1 atom stereocenters. The van der Waals surface area contributed by atoms with Gasteiger partial charge in [0.15, 0.2) is 0 Å². The molecule has 0 saturated carbocycles. The summed E-state index contributed by atoms with van der Waals surface area (Å²) >= 11 is 0. The fourth-order valence-electron chi connectivity index (χ4n) is 2.52. The second-order valence-electron chi connectivity index (χ2n) is 6.29. The minimum atomic E-state index is -3.63. The zero-order chi connectivity index (χ0) is 20.2. The lowest BCUT2D eigenvalue weighted by atomic mass is 10.1. The van der Waals surface area contributed by atoms with Gasteiger partial charge in [0.2, 0.25) is 10.0 Å². The van der Waals surface area contributed by atoms with E-state index < -0.39 is 16.1 Å². The molecule has 0 aliphatic heterocycles. The molecule has 1 N–H and O–H groups in total. The lowest BCUT2D eigenvalue weighted by Crippen LogP contribution is -2.31. The van der Waals surface area contributed by atoms with Crippen LogP contribution in [0, 0.1) is 0 Å². The smallest absolute Gasteiger partial charge is 0.253 e. The number of benzene rings is 2. The second kappa shape index (κ2) is 8.51. The summed E-state index contributed by atoms with van der Waals surface area (Å²) in [5, 5.41) is 10.4. The van der Waals surface area contributed by atoms with E-state index in [-0.39, 0.29) is 22.9 Å². The summed E-state index contributed by atoms with van der Waals surface area (Å²) in [4.78, 5) is 14.1. The third-order valence-electron chi connectivity index (χ3n) is 4.13. The number of likely N-dealkylation sites (N-methyl/N-ethyl adjacent to an activating group) is 1. The average molecular weight is 392 g/mol. The number of nitrogens with zero attached hydrogens (tertiary/aromatic N) is 2. The molecule has 0 aromatic heterocycles. The van der Waals surface area contributed by atoms with E-state index >= 15 is 0 Å². The monoisotopic (exact) mass is 392 g/mol. The van der Waals surface area contributed by atoms with E-state index in [1.807, 2.05) is 0 Å². The summed E-state index contributed by atoms with van der Waals surface area (Å²) in [6.07, 6.45) is -0.900. The van der Waals surface area contributed by atoms with Gasteiger partial charge in [-0.15, -0.1) is 0 Å². The van der Waals surface area contributed by atoms with E-state index in [0.29, 0.717) is 11.3 Å². The van der Waals surface area contributed by atoms with E-state index in [0.717, 1.165) is 4.31 Å². The zero-order valence-electron chi connectivity index (χ0n) is 15.8. The van der Waals surface area contributed by atoms with E-state index in [1.165, 1.54) is 44.3 Å². The molecular formula is C19H24N2O5S. The Labute approximate surface area is 159 Å². The summed E-state index contributed by atoms with van der Waals surface area (Å²) in [7, 11) is 2.32. The maximum Gasteiger partial charge on any atom is 0.253 e. The topological polar surface area (TPSA) is 87.1 Å². The Morgan fingerprint density at radius 3 is 2.41 bits per heavy atom. The Kier molecular flexibility index (Phi) is 6.59. The number of carbonyl (C=O) groups excluding carboxylic acids is 1. The molecule has 8 heteroatoms. The molecule has 0 aliphatic rings. The number of hydrogen-bond acceptors (Lipinski definition) is 5. The number of sulfonamides is 1. The Balaban J connectivity index is 2.17. The van der Waals surface area contributed by atoms with Gasteiger partial charge in [-0.3, -0.25) is 4.79 Å². The minimum Gasteiger partial charge on any atom is -0.497 e. The molecule has 0 saturated heterocycles. The van der Waals surface area contributed by atoms with Crippen LogP contribution in [0.4, 0.5) is 0 Å². The van der Waals surface area contributed by atoms with Crippen molar-refractivity contribution in [2.75, 3.05) is 34.8 Å². The maximum absolute atomic E-state index is 12.7. The molecule has 0 aliphatic carbocycles. The van der Waals surface area contributed by atoms with Crippen molar-refractivity contribution in [2.24, 2.45) is 0 Å². The Morgan fingerprint density at radius 1 is 1.11 bits per heavy atom. The van der Waals surface area contributed by atoms with Crippen molar-refractivity contribution < 1.29 is 23.1 Å². The van der Waals surface area contributed by atoms with Crippen LogP contribution in [0.25, 0.3) is 0 Å². The van der Waals surface area contributed by atoms with Gasteiger partial charge < -0.3 is 14.7 Å². The van der Waals surface area contributed by atoms with Crippen LogP contribution in [0.15, 0.2) is 53.4 Å². The predicted molar refractivity (Wildman–Crippen MR) is 102 cm³/mol.